The van der Waals surface area contributed by atoms with E-state index in [2.05, 4.69) is 125 Å². The standard InChI is InChI=1S/2C9H13.2CH3Se.Zr/c2*1-9(2,3)8-6-4-5-7-8;2*1-2;/h2*4-7H,1-3H3;2*1H3;. The average Bonchev–Trinajstić information content (AvgIpc) is 3.16. The zero-order chi connectivity index (χ0) is 17.8. The fourth-order valence-electron chi connectivity index (χ4n) is 1.75. The van der Waals surface area contributed by atoms with Crippen LogP contribution in [-0.2, 0) is 26.2 Å². The molecular formula is C20H32Se2Zr. The molecule has 12 radical (unpaired) electrons. The Bertz CT molecular complexity index is 203. The van der Waals surface area contributed by atoms with Crippen LogP contribution in [0, 0.1) is 74.0 Å². The topological polar surface area (TPSA) is 0 Å². The molecule has 0 nitrogen and oxygen atoms in total. The van der Waals surface area contributed by atoms with Crippen LogP contribution in [0.15, 0.2) is 0 Å². The van der Waals surface area contributed by atoms with E-state index in [1.807, 2.05) is 11.6 Å². The Hall–Kier alpha value is 1.92. The van der Waals surface area contributed by atoms with Gasteiger partial charge in [-0.15, -0.1) is 0 Å². The zero-order valence-electron chi connectivity index (χ0n) is 15.9. The summed E-state index contributed by atoms with van der Waals surface area (Å²) >= 11 is 5.25. The monoisotopic (exact) mass is 522 g/mol. The molecule has 23 heavy (non-hydrogen) atoms. The first-order valence-electron chi connectivity index (χ1n) is 7.47. The van der Waals surface area contributed by atoms with Gasteiger partial charge in [0.15, 0.2) is 0 Å². The third kappa shape index (κ3) is 14.7. The molecule has 2 aliphatic carbocycles. The van der Waals surface area contributed by atoms with Gasteiger partial charge in [0.1, 0.15) is 0 Å². The molecule has 0 amide bonds. The van der Waals surface area contributed by atoms with E-state index < -0.39 is 0 Å². The van der Waals surface area contributed by atoms with Crippen LogP contribution in [0.4, 0.5) is 0 Å². The normalized spacial score (nSPS) is 18.5. The summed E-state index contributed by atoms with van der Waals surface area (Å²) in [5.41, 5.74) is 0.646. The van der Waals surface area contributed by atoms with Crippen LogP contribution in [-0.4, -0.2) is 32.0 Å². The quantitative estimate of drug-likeness (QED) is 0.381. The van der Waals surface area contributed by atoms with Crippen molar-refractivity contribution in [2.24, 2.45) is 10.8 Å². The Morgan fingerprint density at radius 1 is 0.522 bits per heavy atom. The van der Waals surface area contributed by atoms with Crippen molar-refractivity contribution in [3.05, 3.63) is 63.2 Å². The molecule has 0 bridgehead atoms. The minimum Gasteiger partial charge on any atom is 0 e. The first-order valence-corrected chi connectivity index (χ1v) is 10.9. The van der Waals surface area contributed by atoms with E-state index in [0.717, 1.165) is 0 Å². The van der Waals surface area contributed by atoms with Crippen molar-refractivity contribution in [2.45, 2.75) is 53.2 Å². The second-order valence-electron chi connectivity index (χ2n) is 6.85. The number of rotatable bonds is 0. The summed E-state index contributed by atoms with van der Waals surface area (Å²) in [6, 6.07) is 0. The van der Waals surface area contributed by atoms with Crippen molar-refractivity contribution in [2.75, 3.05) is 0 Å². The first kappa shape index (κ1) is 29.7. The smallest absolute Gasteiger partial charge is 0 e. The van der Waals surface area contributed by atoms with E-state index in [-0.39, 0.29) is 26.2 Å². The summed E-state index contributed by atoms with van der Waals surface area (Å²) in [4.78, 5) is 0. The number of hydrogen-bond acceptors (Lipinski definition) is 0. The second-order valence-corrected chi connectivity index (χ2v) is 6.85. The van der Waals surface area contributed by atoms with Gasteiger partial charge in [0, 0.05) is 26.2 Å². The van der Waals surface area contributed by atoms with Crippen molar-refractivity contribution in [1.29, 1.82) is 0 Å². The fourth-order valence-corrected chi connectivity index (χ4v) is 1.75. The molecule has 0 spiro atoms. The Labute approximate surface area is 184 Å². The summed E-state index contributed by atoms with van der Waals surface area (Å²) in [6.07, 6.45) is 17.0. The van der Waals surface area contributed by atoms with Crippen LogP contribution in [0.1, 0.15) is 41.5 Å². The third-order valence-corrected chi connectivity index (χ3v) is 3.06. The van der Waals surface area contributed by atoms with Crippen molar-refractivity contribution < 1.29 is 26.2 Å². The molecule has 0 aliphatic heterocycles. The molecule has 0 saturated heterocycles. The molecule has 0 unspecified atom stereocenters. The minimum atomic E-state index is 0. The molecule has 3 heteroatoms. The van der Waals surface area contributed by atoms with Gasteiger partial charge in [0.25, 0.3) is 0 Å². The molecule has 0 atom stereocenters. The van der Waals surface area contributed by atoms with Gasteiger partial charge < -0.3 is 0 Å². The summed E-state index contributed by atoms with van der Waals surface area (Å²) in [5, 5.41) is 0. The molecule has 2 rings (SSSR count). The first-order chi connectivity index (χ1) is 10.2. The van der Waals surface area contributed by atoms with Gasteiger partial charge in [-0.3, -0.25) is 0 Å². The van der Waals surface area contributed by atoms with Gasteiger partial charge in [-0.05, 0) is 74.0 Å². The van der Waals surface area contributed by atoms with Crippen LogP contribution in [0.5, 0.6) is 0 Å². The van der Waals surface area contributed by atoms with Crippen molar-refractivity contribution >= 4 is 32.0 Å². The maximum Gasteiger partial charge on any atom is 0 e. The van der Waals surface area contributed by atoms with E-state index >= 15 is 0 Å². The van der Waals surface area contributed by atoms with E-state index in [0.29, 0.717) is 10.8 Å². The molecule has 0 N–H and O–H groups in total. The maximum atomic E-state index is 2.62. The molecule has 2 saturated carbocycles. The van der Waals surface area contributed by atoms with Gasteiger partial charge in [0.2, 0.25) is 0 Å². The predicted molar refractivity (Wildman–Crippen MR) is 103 cm³/mol. The van der Waals surface area contributed by atoms with Crippen molar-refractivity contribution in [1.82, 2.24) is 0 Å². The average molecular weight is 522 g/mol. The van der Waals surface area contributed by atoms with Gasteiger partial charge in [-0.1, -0.05) is 41.5 Å². The van der Waals surface area contributed by atoms with Crippen molar-refractivity contribution in [3.63, 3.8) is 0 Å². The van der Waals surface area contributed by atoms with Crippen molar-refractivity contribution in [3.8, 4) is 0 Å². The fraction of sp³-hybridized carbons (Fsp3) is 0.500. The van der Waals surface area contributed by atoms with E-state index in [9.17, 15) is 0 Å². The molecular weight excluding hydrogens is 489 g/mol. The van der Waals surface area contributed by atoms with Crippen LogP contribution < -0.4 is 0 Å². The Morgan fingerprint density at radius 3 is 0.783 bits per heavy atom. The van der Waals surface area contributed by atoms with Gasteiger partial charge in [-0.2, -0.15) is 0 Å². The Morgan fingerprint density at radius 2 is 0.696 bits per heavy atom. The summed E-state index contributed by atoms with van der Waals surface area (Å²) in [6.45, 7) is 13.3. The maximum absolute atomic E-state index is 2.62. The van der Waals surface area contributed by atoms with E-state index in [4.69, 9.17) is 0 Å². The van der Waals surface area contributed by atoms with Gasteiger partial charge in [0.05, 0.1) is 0 Å². The molecule has 0 aromatic carbocycles. The van der Waals surface area contributed by atoms with Crippen LogP contribution in [0.3, 0.4) is 0 Å². The summed E-state index contributed by atoms with van der Waals surface area (Å²) < 4.78 is 0. The Balaban J connectivity index is -0.000000276. The minimum absolute atomic E-state index is 0. The SMILES string of the molecule is CC(C)(C)[C]1[CH][CH][CH][CH]1.CC(C)(C)[C]1[CH][CH][CH][CH]1.C[Se].C[Se].[Zr]. The predicted octanol–water partition coefficient (Wildman–Crippen LogP) is 5.28. The summed E-state index contributed by atoms with van der Waals surface area (Å²) in [5.74, 6) is 6.59. The summed E-state index contributed by atoms with van der Waals surface area (Å²) in [7, 11) is 0. The van der Waals surface area contributed by atoms with Crippen LogP contribution in [0.25, 0.3) is 0 Å². The Kier molecular flexibility index (Phi) is 20.8. The molecule has 0 aromatic heterocycles. The van der Waals surface area contributed by atoms with Crippen LogP contribution in [0.2, 0.25) is 11.6 Å². The molecule has 0 aromatic rings. The van der Waals surface area contributed by atoms with Crippen LogP contribution >= 0.6 is 0 Å². The van der Waals surface area contributed by atoms with E-state index in [1.54, 1.807) is 0 Å². The van der Waals surface area contributed by atoms with E-state index in [1.165, 1.54) is 11.8 Å². The second kappa shape index (κ2) is 16.1. The van der Waals surface area contributed by atoms with Gasteiger partial charge >= 0.3 is 43.7 Å². The van der Waals surface area contributed by atoms with Gasteiger partial charge in [-0.25, -0.2) is 0 Å². The molecule has 2 fully saturated rings. The number of hydrogen-bond donors (Lipinski definition) is 0. The molecule has 0 heterocycles. The third-order valence-electron chi connectivity index (χ3n) is 3.06. The molecule has 128 valence electrons. The molecule has 2 aliphatic rings. The zero-order valence-corrected chi connectivity index (χ0v) is 21.8. The largest absolute Gasteiger partial charge is 0 e.